The summed E-state index contributed by atoms with van der Waals surface area (Å²) in [5.74, 6) is 0.900. The zero-order valence-corrected chi connectivity index (χ0v) is 10.5. The number of aryl methyl sites for hydroxylation is 1. The van der Waals surface area contributed by atoms with Crippen molar-refractivity contribution in [3.8, 4) is 17.0 Å². The van der Waals surface area contributed by atoms with E-state index in [9.17, 15) is 0 Å². The molecule has 88 valence electrons. The first-order chi connectivity index (χ1) is 8.16. The van der Waals surface area contributed by atoms with Gasteiger partial charge in [-0.2, -0.15) is 0 Å². The molecule has 0 atom stereocenters. The lowest BCUT2D eigenvalue weighted by Crippen LogP contribution is -2.05. The smallest absolute Gasteiger partial charge is 0.119 e. The maximum atomic E-state index is 5.61. The lowest BCUT2D eigenvalue weighted by molar-refractivity contribution is 0.242. The first-order valence-corrected chi connectivity index (χ1v) is 5.85. The molecule has 0 aliphatic carbocycles. The molecule has 1 aromatic heterocycles. The SMILES string of the molecule is Cc1cccnc1-c1ccc(OC(C)C)cc1. The molecule has 1 heterocycles. The Balaban J connectivity index is 2.27. The van der Waals surface area contributed by atoms with Gasteiger partial charge in [-0.05, 0) is 56.7 Å². The average molecular weight is 227 g/mol. The van der Waals surface area contributed by atoms with Gasteiger partial charge in [-0.25, -0.2) is 0 Å². The summed E-state index contributed by atoms with van der Waals surface area (Å²) in [4.78, 5) is 4.40. The fourth-order valence-electron chi connectivity index (χ4n) is 1.75. The Kier molecular flexibility index (Phi) is 3.43. The van der Waals surface area contributed by atoms with Crippen molar-refractivity contribution in [2.24, 2.45) is 0 Å². The monoisotopic (exact) mass is 227 g/mol. The van der Waals surface area contributed by atoms with Crippen LogP contribution in [0.5, 0.6) is 5.75 Å². The molecule has 0 aliphatic rings. The van der Waals surface area contributed by atoms with Crippen molar-refractivity contribution < 1.29 is 4.74 Å². The quantitative estimate of drug-likeness (QED) is 0.794. The van der Waals surface area contributed by atoms with Crippen LogP contribution >= 0.6 is 0 Å². The Morgan fingerprint density at radius 1 is 1.06 bits per heavy atom. The third kappa shape index (κ3) is 2.84. The molecular weight excluding hydrogens is 210 g/mol. The highest BCUT2D eigenvalue weighted by Gasteiger charge is 2.03. The molecule has 17 heavy (non-hydrogen) atoms. The summed E-state index contributed by atoms with van der Waals surface area (Å²) < 4.78 is 5.61. The number of aromatic nitrogens is 1. The number of hydrogen-bond acceptors (Lipinski definition) is 2. The minimum absolute atomic E-state index is 0.206. The Morgan fingerprint density at radius 2 is 1.76 bits per heavy atom. The van der Waals surface area contributed by atoms with E-state index in [1.165, 1.54) is 5.56 Å². The van der Waals surface area contributed by atoms with Crippen molar-refractivity contribution >= 4 is 0 Å². The number of hydrogen-bond donors (Lipinski definition) is 0. The molecule has 0 saturated heterocycles. The second-order valence-corrected chi connectivity index (χ2v) is 4.36. The summed E-state index contributed by atoms with van der Waals surface area (Å²) in [5.41, 5.74) is 3.34. The number of rotatable bonds is 3. The second kappa shape index (κ2) is 5.00. The van der Waals surface area contributed by atoms with Crippen LogP contribution in [0, 0.1) is 6.92 Å². The molecule has 2 rings (SSSR count). The molecule has 0 saturated carbocycles. The number of pyridine rings is 1. The Bertz CT molecular complexity index is 489. The molecule has 2 heteroatoms. The predicted octanol–water partition coefficient (Wildman–Crippen LogP) is 3.84. The van der Waals surface area contributed by atoms with Crippen LogP contribution in [0.4, 0.5) is 0 Å². The van der Waals surface area contributed by atoms with Gasteiger partial charge in [0.05, 0.1) is 11.8 Å². The molecule has 0 spiro atoms. The van der Waals surface area contributed by atoms with Gasteiger partial charge in [0.15, 0.2) is 0 Å². The van der Waals surface area contributed by atoms with Crippen LogP contribution < -0.4 is 4.74 Å². The second-order valence-electron chi connectivity index (χ2n) is 4.36. The first-order valence-electron chi connectivity index (χ1n) is 5.85. The van der Waals surface area contributed by atoms with Crippen molar-refractivity contribution in [3.63, 3.8) is 0 Å². The van der Waals surface area contributed by atoms with E-state index in [1.807, 2.05) is 50.4 Å². The van der Waals surface area contributed by atoms with Crippen molar-refractivity contribution in [1.82, 2.24) is 4.98 Å². The van der Waals surface area contributed by atoms with Gasteiger partial charge in [-0.1, -0.05) is 6.07 Å². The first kappa shape index (κ1) is 11.6. The van der Waals surface area contributed by atoms with Gasteiger partial charge in [0.25, 0.3) is 0 Å². The Hall–Kier alpha value is -1.83. The zero-order chi connectivity index (χ0) is 12.3. The highest BCUT2D eigenvalue weighted by atomic mass is 16.5. The lowest BCUT2D eigenvalue weighted by atomic mass is 10.1. The molecule has 2 nitrogen and oxygen atoms in total. The highest BCUT2D eigenvalue weighted by Crippen LogP contribution is 2.23. The third-order valence-corrected chi connectivity index (χ3v) is 2.51. The van der Waals surface area contributed by atoms with Gasteiger partial charge in [-0.15, -0.1) is 0 Å². The number of benzene rings is 1. The topological polar surface area (TPSA) is 22.1 Å². The minimum atomic E-state index is 0.206. The largest absolute Gasteiger partial charge is 0.491 e. The van der Waals surface area contributed by atoms with Crippen LogP contribution in [-0.2, 0) is 0 Å². The summed E-state index contributed by atoms with van der Waals surface area (Å²) in [6, 6.07) is 12.1. The van der Waals surface area contributed by atoms with E-state index in [2.05, 4.69) is 18.0 Å². The predicted molar refractivity (Wildman–Crippen MR) is 70.2 cm³/mol. The molecule has 0 aliphatic heterocycles. The molecule has 0 bridgehead atoms. The molecule has 0 amide bonds. The van der Waals surface area contributed by atoms with Crippen LogP contribution in [0.25, 0.3) is 11.3 Å². The van der Waals surface area contributed by atoms with E-state index >= 15 is 0 Å². The van der Waals surface area contributed by atoms with Crippen molar-refractivity contribution in [1.29, 1.82) is 0 Å². The minimum Gasteiger partial charge on any atom is -0.491 e. The van der Waals surface area contributed by atoms with E-state index < -0.39 is 0 Å². The average Bonchev–Trinajstić information content (AvgIpc) is 2.30. The van der Waals surface area contributed by atoms with Crippen LogP contribution in [0.3, 0.4) is 0 Å². The fourth-order valence-corrected chi connectivity index (χ4v) is 1.75. The van der Waals surface area contributed by atoms with Crippen LogP contribution in [-0.4, -0.2) is 11.1 Å². The normalized spacial score (nSPS) is 10.6. The lowest BCUT2D eigenvalue weighted by Gasteiger charge is -2.10. The van der Waals surface area contributed by atoms with Crippen molar-refractivity contribution in [2.45, 2.75) is 26.9 Å². The molecule has 0 radical (unpaired) electrons. The fraction of sp³-hybridized carbons (Fsp3) is 0.267. The van der Waals surface area contributed by atoms with Crippen LogP contribution in [0.1, 0.15) is 19.4 Å². The van der Waals surface area contributed by atoms with Gasteiger partial charge in [-0.3, -0.25) is 4.98 Å². The van der Waals surface area contributed by atoms with Crippen molar-refractivity contribution in [3.05, 3.63) is 48.2 Å². The van der Waals surface area contributed by atoms with Gasteiger partial charge in [0, 0.05) is 11.8 Å². The van der Waals surface area contributed by atoms with Gasteiger partial charge >= 0.3 is 0 Å². The number of ether oxygens (including phenoxy) is 1. The molecule has 1 aromatic carbocycles. The molecule has 0 fully saturated rings. The standard InChI is InChI=1S/C15H17NO/c1-11(2)17-14-8-6-13(7-9-14)15-12(3)5-4-10-16-15/h4-11H,1-3H3. The van der Waals surface area contributed by atoms with Gasteiger partial charge in [0.1, 0.15) is 5.75 Å². The maximum absolute atomic E-state index is 5.61. The van der Waals surface area contributed by atoms with Crippen LogP contribution in [0.15, 0.2) is 42.6 Å². The van der Waals surface area contributed by atoms with E-state index in [0.29, 0.717) is 0 Å². The highest BCUT2D eigenvalue weighted by molar-refractivity contribution is 5.63. The van der Waals surface area contributed by atoms with Gasteiger partial charge in [0.2, 0.25) is 0 Å². The van der Waals surface area contributed by atoms with E-state index in [-0.39, 0.29) is 6.10 Å². The van der Waals surface area contributed by atoms with Gasteiger partial charge < -0.3 is 4.74 Å². The Morgan fingerprint density at radius 3 is 2.35 bits per heavy atom. The molecule has 0 unspecified atom stereocenters. The number of nitrogens with zero attached hydrogens (tertiary/aromatic N) is 1. The third-order valence-electron chi connectivity index (χ3n) is 2.51. The van der Waals surface area contributed by atoms with E-state index in [0.717, 1.165) is 17.0 Å². The Labute approximate surface area is 102 Å². The van der Waals surface area contributed by atoms with E-state index in [4.69, 9.17) is 4.74 Å². The zero-order valence-electron chi connectivity index (χ0n) is 10.5. The summed E-state index contributed by atoms with van der Waals surface area (Å²) in [7, 11) is 0. The maximum Gasteiger partial charge on any atom is 0.119 e. The summed E-state index contributed by atoms with van der Waals surface area (Å²) in [6.07, 6.45) is 2.03. The summed E-state index contributed by atoms with van der Waals surface area (Å²) in [5, 5.41) is 0. The summed E-state index contributed by atoms with van der Waals surface area (Å²) >= 11 is 0. The van der Waals surface area contributed by atoms with Crippen LogP contribution in [0.2, 0.25) is 0 Å². The summed E-state index contributed by atoms with van der Waals surface area (Å²) in [6.45, 7) is 6.12. The molecular formula is C15H17NO. The van der Waals surface area contributed by atoms with Crippen molar-refractivity contribution in [2.75, 3.05) is 0 Å². The molecule has 2 aromatic rings. The molecule has 0 N–H and O–H groups in total. The van der Waals surface area contributed by atoms with E-state index in [1.54, 1.807) is 0 Å².